The first kappa shape index (κ1) is 98.3. The summed E-state index contributed by atoms with van der Waals surface area (Å²) in [6.07, 6.45) is 2.87. The molecule has 5 fully saturated rings. The second kappa shape index (κ2) is 41.2. The molecule has 5 amide bonds. The molecule has 10 aromatic carbocycles. The molecule has 23 nitrogen and oxygen atoms in total. The lowest BCUT2D eigenvalue weighted by molar-refractivity contribution is -0.187. The molecule has 23 heteroatoms. The van der Waals surface area contributed by atoms with Crippen LogP contribution in [0.1, 0.15) is 150 Å². The van der Waals surface area contributed by atoms with Crippen LogP contribution in [0, 0.1) is 83.1 Å². The Morgan fingerprint density at radius 1 is 0.368 bits per heavy atom. The van der Waals surface area contributed by atoms with Crippen molar-refractivity contribution in [3.63, 3.8) is 0 Å². The maximum Gasteiger partial charge on any atom is 0.335 e. The van der Waals surface area contributed by atoms with E-state index in [1.165, 1.54) is 23.1 Å². The molecule has 0 unspecified atom stereocenters. The van der Waals surface area contributed by atoms with Crippen LogP contribution in [0.15, 0.2) is 262 Å². The average Bonchev–Trinajstić information content (AvgIpc) is 0.695. The maximum atomic E-state index is 13.8. The van der Waals surface area contributed by atoms with Gasteiger partial charge in [0.15, 0.2) is 0 Å². The van der Waals surface area contributed by atoms with Crippen molar-refractivity contribution in [3.05, 3.63) is 363 Å². The molecule has 5 heterocycles. The number of β-lactam (4-membered cyclic amide) rings is 5. The van der Waals surface area contributed by atoms with Gasteiger partial charge in [-0.1, -0.05) is 150 Å². The Hall–Kier alpha value is -15.3. The highest BCUT2D eigenvalue weighted by Crippen LogP contribution is 2.53. The van der Waals surface area contributed by atoms with E-state index in [0.29, 0.717) is 50.8 Å². The third-order valence-corrected chi connectivity index (χ3v) is 25.0. The van der Waals surface area contributed by atoms with Crippen LogP contribution < -0.4 is 57.7 Å². The number of ether oxygens (including phenoxy) is 9. The smallest absolute Gasteiger partial charge is 0.335 e. The van der Waals surface area contributed by atoms with E-state index >= 15 is 0 Å². The van der Waals surface area contributed by atoms with E-state index in [9.17, 15) is 43.5 Å². The highest BCUT2D eigenvalue weighted by molar-refractivity contribution is 6.18. The summed E-state index contributed by atoms with van der Waals surface area (Å²) in [6.45, 7) is 53.4. The molecule has 10 aromatic rings. The van der Waals surface area contributed by atoms with Gasteiger partial charge in [0.1, 0.15) is 58.6 Å². The number of hydrogen-bond donors (Lipinski definition) is 1. The topological polar surface area (TPSA) is 256 Å². The molecular weight excluding hydrogens is 1680 g/mol. The first-order valence-corrected chi connectivity index (χ1v) is 43.1. The quantitative estimate of drug-likeness (QED) is 0.0255. The monoisotopic (exact) mass is 1790 g/mol. The lowest BCUT2D eigenvalue weighted by Crippen LogP contribution is -2.72. The van der Waals surface area contributed by atoms with Crippen molar-refractivity contribution in [1.82, 2.24) is 0 Å². The number of rotatable bonds is 24. The summed E-state index contributed by atoms with van der Waals surface area (Å²) in [7, 11) is 9.72. The molecule has 133 heavy (non-hydrogen) atoms. The van der Waals surface area contributed by atoms with Crippen LogP contribution in [0.4, 0.5) is 28.4 Å². The SMILES string of the molecule is C=C1C(=O)N(c2cc(C)c(C)c(OC)c2)[C@H]1c1ccc(C(C)C)cc1.C=C1C(=O)N(c2cc(C)c(C)c(OC)c2)[C@H]1c1ccc(C)cc1.C=C1C(=O)N(c2cc(C)c(C)c(OC)c2)[C@H]1c1cccc(O)c1.C=C1C(=O)N(c2cc(C)c(C)c(OC)c2)[C@H]1c1cccc(OC)c1.C=CC(=O)OC[C@@]1(OC(=O)C=C)C(=O)N(c2cc(C)c(C)c(OC)c2)[C@H]1c1ccc(C)c(OC(=O)C=C)c1. The predicted molar refractivity (Wildman–Crippen MR) is 520 cm³/mol. The van der Waals surface area contributed by atoms with E-state index in [1.54, 1.807) is 106 Å². The number of phenols is 1. The lowest BCUT2D eigenvalue weighted by atomic mass is 9.77. The Labute approximate surface area is 778 Å². The summed E-state index contributed by atoms with van der Waals surface area (Å²) in [5.74, 6) is 2.10. The van der Waals surface area contributed by atoms with E-state index in [4.69, 9.17) is 42.6 Å². The van der Waals surface area contributed by atoms with Crippen molar-refractivity contribution in [1.29, 1.82) is 0 Å². The van der Waals surface area contributed by atoms with Gasteiger partial charge in [-0.2, -0.15) is 0 Å². The lowest BCUT2D eigenvalue weighted by Gasteiger charge is -2.54. The minimum atomic E-state index is -1.94. The van der Waals surface area contributed by atoms with Crippen molar-refractivity contribution in [2.75, 3.05) is 73.8 Å². The van der Waals surface area contributed by atoms with Gasteiger partial charge in [-0.25, -0.2) is 14.4 Å². The van der Waals surface area contributed by atoms with Crippen molar-refractivity contribution in [3.8, 4) is 46.0 Å². The third-order valence-electron chi connectivity index (χ3n) is 25.0. The van der Waals surface area contributed by atoms with Crippen molar-refractivity contribution >= 4 is 75.9 Å². The summed E-state index contributed by atoms with van der Waals surface area (Å²) in [5.41, 5.74) is 22.2. The van der Waals surface area contributed by atoms with Crippen LogP contribution in [0.2, 0.25) is 0 Å². The van der Waals surface area contributed by atoms with E-state index in [1.807, 2.05) is 153 Å². The number of hydrogen-bond acceptors (Lipinski definition) is 18. The fraction of sp³-hybridized carbons (Fsp3) is 0.255. The van der Waals surface area contributed by atoms with Crippen LogP contribution in [0.25, 0.3) is 0 Å². The van der Waals surface area contributed by atoms with Gasteiger partial charge in [0.05, 0.1) is 66.8 Å². The van der Waals surface area contributed by atoms with Gasteiger partial charge < -0.3 is 47.7 Å². The van der Waals surface area contributed by atoms with E-state index in [2.05, 4.69) is 115 Å². The number of phenolic OH excluding ortho intramolecular Hbond substituents is 1. The first-order chi connectivity index (χ1) is 63.2. The molecule has 0 radical (unpaired) electrons. The van der Waals surface area contributed by atoms with Crippen LogP contribution >= 0.6 is 0 Å². The number of benzene rings is 10. The fourth-order valence-electron chi connectivity index (χ4n) is 16.5. The number of esters is 3. The number of carbonyl (C=O) groups is 8. The summed E-state index contributed by atoms with van der Waals surface area (Å²) in [4.78, 5) is 108. The Kier molecular flexibility index (Phi) is 30.5. The van der Waals surface area contributed by atoms with Crippen molar-refractivity contribution in [2.24, 2.45) is 0 Å². The fourth-order valence-corrected chi connectivity index (χ4v) is 16.5. The Morgan fingerprint density at radius 3 is 1.05 bits per heavy atom. The van der Waals surface area contributed by atoms with Crippen LogP contribution in [0.3, 0.4) is 0 Å². The highest BCUT2D eigenvalue weighted by Gasteiger charge is 2.66. The molecule has 0 aliphatic carbocycles. The van der Waals surface area contributed by atoms with Gasteiger partial charge in [-0.15, -0.1) is 0 Å². The van der Waals surface area contributed by atoms with Gasteiger partial charge in [-0.3, -0.25) is 48.5 Å². The molecule has 0 spiro atoms. The Balaban J connectivity index is 0.000000163. The minimum absolute atomic E-state index is 0.0248. The van der Waals surface area contributed by atoms with Crippen LogP contribution in [0.5, 0.6) is 46.0 Å². The van der Waals surface area contributed by atoms with Gasteiger partial charge in [-0.05, 0) is 244 Å². The molecule has 0 bridgehead atoms. The molecule has 6 atom stereocenters. The van der Waals surface area contributed by atoms with E-state index < -0.39 is 42.1 Å². The van der Waals surface area contributed by atoms with Crippen LogP contribution in [-0.4, -0.2) is 107 Å². The molecule has 0 aromatic heterocycles. The van der Waals surface area contributed by atoms with E-state index in [0.717, 1.165) is 148 Å². The van der Waals surface area contributed by atoms with Crippen molar-refractivity contribution in [2.45, 2.75) is 139 Å². The number of anilines is 5. The molecule has 5 aliphatic rings. The molecular formula is C110H115N5O18. The standard InChI is InChI=1S/C29H29NO8.C22H25NO2.C20H21NO3.C20H21NO2.C19H19NO3/c1-8-24(31)36-16-29(38-26(33)10-3)27(20-12-11-17(4)22(14-20)37-25(32)9-2)30(28(29)34)21-13-18(5)19(6)23(15-21)35-7;1-13(2)17-7-9-18(10-8-17)21-16(5)22(24)23(21)19-11-14(3)15(4)20(12-19)25-6;1-12-9-16(11-18(24-5)13(12)2)21-19(14(3)20(21)22)15-7-6-8-17(10-15)23-4;1-12-6-8-16(9-7-12)19-15(4)20(22)21(19)17-10-13(2)14(3)18(11-17)23-5;1-11-8-15(10-17(23-4)12(11)2)20-18(13(3)19(20)22)14-6-5-7-16(21)9-14/h8-15,27H,1-3,16H2,4-7H3;7-13,21H,5H2,1-4,6H3;6-11,19H,3H2,1-2,4-5H3;6-11,19H,4H2,1-3,5H3;5-10,18,21H,3H2,1-2,4H3/t27-,29-;21-;2*19-;18-/m01111/s1. The second-order valence-electron chi connectivity index (χ2n) is 33.5. The maximum absolute atomic E-state index is 13.8. The predicted octanol–water partition coefficient (Wildman–Crippen LogP) is 21.0. The third kappa shape index (κ3) is 19.8. The number of amides is 5. The summed E-state index contributed by atoms with van der Waals surface area (Å²) in [6, 6.07) is 53.8. The molecule has 5 saturated heterocycles. The number of carbonyl (C=O) groups excluding carboxylic acids is 8. The zero-order valence-corrected chi connectivity index (χ0v) is 79.2. The Morgan fingerprint density at radius 2 is 0.707 bits per heavy atom. The minimum Gasteiger partial charge on any atom is -0.508 e. The second-order valence-corrected chi connectivity index (χ2v) is 33.5. The summed E-state index contributed by atoms with van der Waals surface area (Å²) in [5, 5.41) is 9.70. The zero-order valence-electron chi connectivity index (χ0n) is 79.2. The molecule has 1 N–H and O–H groups in total. The largest absolute Gasteiger partial charge is 0.508 e. The van der Waals surface area contributed by atoms with Gasteiger partial charge in [0.2, 0.25) is 5.60 Å². The normalized spacial score (nSPS) is 17.3. The van der Waals surface area contributed by atoms with Gasteiger partial charge in [0.25, 0.3) is 29.5 Å². The van der Waals surface area contributed by atoms with Crippen LogP contribution in [-0.2, 0) is 47.8 Å². The molecule has 15 rings (SSSR count). The van der Waals surface area contributed by atoms with Gasteiger partial charge >= 0.3 is 17.9 Å². The summed E-state index contributed by atoms with van der Waals surface area (Å²) < 4.78 is 48.8. The average molecular weight is 1800 g/mol. The number of aryl methyl sites for hydroxylation is 7. The summed E-state index contributed by atoms with van der Waals surface area (Å²) >= 11 is 0. The first-order valence-electron chi connectivity index (χ1n) is 43.1. The van der Waals surface area contributed by atoms with E-state index in [-0.39, 0.29) is 59.3 Å². The highest BCUT2D eigenvalue weighted by atomic mass is 16.6. The molecule has 0 saturated carbocycles. The number of methoxy groups -OCH3 is 6. The molecule has 5 aliphatic heterocycles. The van der Waals surface area contributed by atoms with Gasteiger partial charge in [0, 0.05) is 99.3 Å². The zero-order chi connectivity index (χ0) is 97.4. The van der Waals surface area contributed by atoms with Crippen molar-refractivity contribution < 1.29 is 86.1 Å². The molecule has 688 valence electrons. The number of nitrogens with zero attached hydrogens (tertiary/aromatic N) is 5. The number of aromatic hydroxyl groups is 1. The Bertz CT molecular complexity index is 6360.